The number of hydrogen-bond donors (Lipinski definition) is 1. The summed E-state index contributed by atoms with van der Waals surface area (Å²) in [5.41, 5.74) is 2.60. The molecule has 4 aliphatic rings. The van der Waals surface area contributed by atoms with Gasteiger partial charge in [-0.2, -0.15) is 0 Å². The van der Waals surface area contributed by atoms with E-state index in [1.807, 2.05) is 6.92 Å². The number of hydrogen-bond acceptors (Lipinski definition) is 4. The minimum atomic E-state index is -0.577. The first-order valence-corrected chi connectivity index (χ1v) is 18.7. The highest BCUT2D eigenvalue weighted by Crippen LogP contribution is 2.71. The molecule has 5 heteroatoms. The molecule has 8 atom stereocenters. The minimum Gasteiger partial charge on any atom is -0.461 e. The van der Waals surface area contributed by atoms with E-state index in [-0.39, 0.29) is 24.0 Å². The van der Waals surface area contributed by atoms with Crippen LogP contribution in [-0.4, -0.2) is 31.3 Å². The maximum Gasteiger partial charge on any atom is 0.407 e. The fourth-order valence-corrected chi connectivity index (χ4v) is 10.1. The van der Waals surface area contributed by atoms with Crippen LogP contribution in [0.15, 0.2) is 11.6 Å². The fourth-order valence-electron chi connectivity index (χ4n) is 10.1. The van der Waals surface area contributed by atoms with Crippen LogP contribution in [0.3, 0.4) is 0 Å². The molecule has 0 aromatic rings. The molecule has 0 aromatic carbocycles. The first-order chi connectivity index (χ1) is 21.9. The van der Waals surface area contributed by atoms with Crippen LogP contribution in [0.1, 0.15) is 145 Å². The van der Waals surface area contributed by atoms with Gasteiger partial charge in [0, 0.05) is 19.3 Å². The van der Waals surface area contributed by atoms with Crippen molar-refractivity contribution in [3.8, 4) is 23.7 Å². The smallest absolute Gasteiger partial charge is 0.407 e. The lowest BCUT2D eigenvalue weighted by molar-refractivity contribution is -0.150. The van der Waals surface area contributed by atoms with Crippen LogP contribution in [0.4, 0.5) is 4.79 Å². The fraction of sp³-hybridized carbons (Fsp3) is 0.805. The standard InChI is InChI=1S/C41H63NO4/c1-8-9-10-11-12-13-14-15-27-45-38(44)42-29-37(43)46-33-21-24-39(5)32(28-33)19-20-34-35(39)22-26-41(7)36(34)23-25-40(41,6)31(4)18-16-17-30(2)3/h19,30-31,33-36H,8,13-18,20-29H2,1-7H3,(H,42,44)/t31-,33+,34-,35+,36+,39+,40-,41+/m1/s1. The third-order valence-corrected chi connectivity index (χ3v) is 13.3. The minimum absolute atomic E-state index is 0.111. The van der Waals surface area contributed by atoms with Crippen molar-refractivity contribution < 1.29 is 19.1 Å². The van der Waals surface area contributed by atoms with Crippen LogP contribution in [-0.2, 0) is 14.3 Å². The predicted molar refractivity (Wildman–Crippen MR) is 187 cm³/mol. The van der Waals surface area contributed by atoms with Gasteiger partial charge in [-0.25, -0.2) is 4.79 Å². The topological polar surface area (TPSA) is 64.6 Å². The van der Waals surface area contributed by atoms with Gasteiger partial charge in [0.25, 0.3) is 0 Å². The maximum absolute atomic E-state index is 12.6. The van der Waals surface area contributed by atoms with Crippen molar-refractivity contribution in [2.24, 2.45) is 45.8 Å². The Labute approximate surface area is 281 Å². The summed E-state index contributed by atoms with van der Waals surface area (Å²) in [6.45, 7) is 17.2. The number of rotatable bonds is 12. The summed E-state index contributed by atoms with van der Waals surface area (Å²) >= 11 is 0. The molecule has 4 aliphatic carbocycles. The van der Waals surface area contributed by atoms with E-state index in [1.54, 1.807) is 0 Å². The van der Waals surface area contributed by atoms with Crippen molar-refractivity contribution in [2.75, 3.05) is 13.2 Å². The van der Waals surface area contributed by atoms with Crippen LogP contribution in [0.2, 0.25) is 0 Å². The Kier molecular flexibility index (Phi) is 12.8. The van der Waals surface area contributed by atoms with Crippen molar-refractivity contribution in [1.82, 2.24) is 5.32 Å². The molecule has 0 radical (unpaired) electrons. The highest BCUT2D eigenvalue weighted by molar-refractivity contribution is 5.78. The molecule has 0 heterocycles. The molecule has 4 rings (SSSR count). The molecule has 5 nitrogen and oxygen atoms in total. The van der Waals surface area contributed by atoms with Crippen LogP contribution in [0.25, 0.3) is 0 Å². The average molecular weight is 634 g/mol. The molecule has 0 bridgehead atoms. The summed E-state index contributed by atoms with van der Waals surface area (Å²) in [4.78, 5) is 24.7. The van der Waals surface area contributed by atoms with Gasteiger partial charge in [-0.15, -0.1) is 0 Å². The summed E-state index contributed by atoms with van der Waals surface area (Å²) < 4.78 is 11.1. The van der Waals surface area contributed by atoms with E-state index in [2.05, 4.69) is 76.6 Å². The molecular formula is C41H63NO4. The summed E-state index contributed by atoms with van der Waals surface area (Å²) in [5, 5.41) is 2.56. The molecule has 0 spiro atoms. The average Bonchev–Trinajstić information content (AvgIpc) is 3.30. The first-order valence-electron chi connectivity index (χ1n) is 18.7. The molecular weight excluding hydrogens is 570 g/mol. The van der Waals surface area contributed by atoms with Crippen molar-refractivity contribution in [1.29, 1.82) is 0 Å². The zero-order valence-electron chi connectivity index (χ0n) is 30.2. The number of amides is 1. The largest absolute Gasteiger partial charge is 0.461 e. The first kappa shape index (κ1) is 36.4. The van der Waals surface area contributed by atoms with Crippen LogP contribution < -0.4 is 5.32 Å². The number of esters is 1. The number of carbonyl (C=O) groups excluding carboxylic acids is 2. The maximum atomic E-state index is 12.6. The van der Waals surface area contributed by atoms with E-state index in [0.717, 1.165) is 74.5 Å². The molecule has 0 unspecified atom stereocenters. The Morgan fingerprint density at radius 2 is 1.72 bits per heavy atom. The van der Waals surface area contributed by atoms with Gasteiger partial charge in [-0.3, -0.25) is 4.79 Å². The van der Waals surface area contributed by atoms with Gasteiger partial charge >= 0.3 is 12.1 Å². The number of alkyl carbamates (subject to hydrolysis) is 1. The van der Waals surface area contributed by atoms with Crippen molar-refractivity contribution >= 4 is 12.1 Å². The molecule has 1 amide bonds. The SMILES string of the molecule is CCC#CC#CCCCCOC(=O)NCC(=O)O[C@H]1CC[C@@]2(C)C(=CC[C@@H]3[C@@H]2CC[C@@]2(C)[C@H]3CC[C@]2(C)[C@H](C)CCCC(C)C)C1. The van der Waals surface area contributed by atoms with Crippen molar-refractivity contribution in [3.63, 3.8) is 0 Å². The number of fused-ring (bicyclic) bond motifs is 5. The Morgan fingerprint density at radius 3 is 2.48 bits per heavy atom. The van der Waals surface area contributed by atoms with Crippen LogP contribution in [0.5, 0.6) is 0 Å². The van der Waals surface area contributed by atoms with Gasteiger partial charge in [0.15, 0.2) is 0 Å². The van der Waals surface area contributed by atoms with Gasteiger partial charge < -0.3 is 14.8 Å². The molecule has 3 saturated carbocycles. The highest BCUT2D eigenvalue weighted by atomic mass is 16.6. The number of carbonyl (C=O) groups is 2. The number of ether oxygens (including phenoxy) is 2. The molecule has 3 fully saturated rings. The Morgan fingerprint density at radius 1 is 0.957 bits per heavy atom. The van der Waals surface area contributed by atoms with Gasteiger partial charge in [-0.1, -0.05) is 91.2 Å². The molecule has 0 saturated heterocycles. The van der Waals surface area contributed by atoms with E-state index < -0.39 is 6.09 Å². The molecule has 256 valence electrons. The lowest BCUT2D eigenvalue weighted by Gasteiger charge is -2.60. The second-order valence-corrected chi connectivity index (χ2v) is 16.2. The summed E-state index contributed by atoms with van der Waals surface area (Å²) in [7, 11) is 0. The molecule has 0 aliphatic heterocycles. The Hall–Kier alpha value is -2.40. The highest BCUT2D eigenvalue weighted by Gasteiger charge is 2.63. The second kappa shape index (κ2) is 16.1. The third-order valence-electron chi connectivity index (χ3n) is 13.3. The lowest BCUT2D eigenvalue weighted by atomic mass is 9.44. The van der Waals surface area contributed by atoms with Gasteiger partial charge in [-0.05, 0) is 115 Å². The van der Waals surface area contributed by atoms with E-state index in [9.17, 15) is 9.59 Å². The zero-order chi connectivity index (χ0) is 33.4. The van der Waals surface area contributed by atoms with E-state index in [1.165, 1.54) is 56.9 Å². The quantitative estimate of drug-likeness (QED) is 0.101. The van der Waals surface area contributed by atoms with Crippen LogP contribution in [0, 0.1) is 69.5 Å². The van der Waals surface area contributed by atoms with E-state index >= 15 is 0 Å². The third kappa shape index (κ3) is 8.17. The van der Waals surface area contributed by atoms with E-state index in [0.29, 0.717) is 17.4 Å². The normalized spacial score (nSPS) is 33.5. The van der Waals surface area contributed by atoms with Gasteiger partial charge in [0.2, 0.25) is 0 Å². The van der Waals surface area contributed by atoms with Gasteiger partial charge in [0.1, 0.15) is 12.6 Å². The summed E-state index contributed by atoms with van der Waals surface area (Å²) in [6, 6.07) is 0. The predicted octanol–water partition coefficient (Wildman–Crippen LogP) is 9.64. The zero-order valence-corrected chi connectivity index (χ0v) is 30.2. The number of unbranched alkanes of at least 4 members (excludes halogenated alkanes) is 2. The van der Waals surface area contributed by atoms with Gasteiger partial charge in [0.05, 0.1) is 6.61 Å². The second-order valence-electron chi connectivity index (χ2n) is 16.2. The lowest BCUT2D eigenvalue weighted by Crippen LogP contribution is -2.53. The van der Waals surface area contributed by atoms with Crippen LogP contribution >= 0.6 is 0 Å². The van der Waals surface area contributed by atoms with Crippen molar-refractivity contribution in [3.05, 3.63) is 11.6 Å². The Balaban J connectivity index is 1.23. The summed E-state index contributed by atoms with van der Waals surface area (Å²) in [5.74, 6) is 15.1. The monoisotopic (exact) mass is 633 g/mol. The molecule has 0 aromatic heterocycles. The van der Waals surface area contributed by atoms with Crippen molar-refractivity contribution in [2.45, 2.75) is 151 Å². The summed E-state index contributed by atoms with van der Waals surface area (Å²) in [6.07, 6.45) is 18.5. The number of allylic oxidation sites excluding steroid dienone is 1. The molecule has 46 heavy (non-hydrogen) atoms. The Bertz CT molecular complexity index is 1210. The number of nitrogens with one attached hydrogen (secondary N) is 1. The molecule has 1 N–H and O–H groups in total. The van der Waals surface area contributed by atoms with E-state index in [4.69, 9.17) is 9.47 Å².